The van der Waals surface area contributed by atoms with Gasteiger partial charge in [0.05, 0.1) is 35.9 Å². The molecule has 8 N–H and O–H groups in total. The molecule has 1 heterocycles. The molecule has 3 aliphatic carbocycles. The van der Waals surface area contributed by atoms with Crippen molar-refractivity contribution in [3.63, 3.8) is 0 Å². The Morgan fingerprint density at radius 2 is 1.84 bits per heavy atom. The number of hydrogen-bond donors (Lipinski definition) is 7. The van der Waals surface area contributed by atoms with Crippen LogP contribution >= 0.6 is 0 Å². The highest BCUT2D eigenvalue weighted by molar-refractivity contribution is 6.31. The predicted octanol–water partition coefficient (Wildman–Crippen LogP) is 1.55. The summed E-state index contributed by atoms with van der Waals surface area (Å²) < 4.78 is 22.7. The van der Waals surface area contributed by atoms with Crippen molar-refractivity contribution in [3.05, 3.63) is 63.7 Å². The first-order valence-electron chi connectivity index (χ1n) is 16.5. The van der Waals surface area contributed by atoms with E-state index < -0.39 is 108 Å². The van der Waals surface area contributed by atoms with E-state index in [1.165, 1.54) is 25.3 Å². The van der Waals surface area contributed by atoms with E-state index in [0.29, 0.717) is 6.42 Å². The molecule has 0 saturated carbocycles. The number of aliphatic hydroxyl groups excluding tert-OH is 2. The highest BCUT2D eigenvalue weighted by Gasteiger charge is 2.50. The molecule has 0 aromatic heterocycles. The summed E-state index contributed by atoms with van der Waals surface area (Å²) in [6, 6.07) is 3.25. The van der Waals surface area contributed by atoms with Gasteiger partial charge in [0.2, 0.25) is 5.78 Å². The van der Waals surface area contributed by atoms with Crippen molar-refractivity contribution in [2.24, 2.45) is 5.73 Å². The number of carbonyl (C=O) groups is 4. The third-order valence-corrected chi connectivity index (χ3v) is 9.83. The van der Waals surface area contributed by atoms with Crippen LogP contribution in [0.1, 0.15) is 94.0 Å². The van der Waals surface area contributed by atoms with Gasteiger partial charge in [-0.1, -0.05) is 24.6 Å². The van der Waals surface area contributed by atoms with Gasteiger partial charge in [0.1, 0.15) is 47.9 Å². The average molecular weight is 697 g/mol. The van der Waals surface area contributed by atoms with Crippen LogP contribution in [0.2, 0.25) is 0 Å². The lowest BCUT2D eigenvalue weighted by molar-refractivity contribution is -0.251. The number of nitrogens with two attached hydrogens (primary N) is 1. The Kier molecular flexibility index (Phi) is 9.99. The number of hydrogen-bond acceptors (Lipinski definition) is 14. The van der Waals surface area contributed by atoms with Gasteiger partial charge in [0.15, 0.2) is 17.9 Å². The molecular weight excluding hydrogens is 656 g/mol. The average Bonchev–Trinajstić information content (AvgIpc) is 3.07. The van der Waals surface area contributed by atoms with Crippen LogP contribution in [0, 0.1) is 0 Å². The van der Waals surface area contributed by atoms with E-state index in [1.807, 2.05) is 12.2 Å². The van der Waals surface area contributed by atoms with Gasteiger partial charge in [-0.3, -0.25) is 14.4 Å². The number of ketones is 3. The number of rotatable bonds is 7. The number of alkyl carbamates (subject to hydrolysis) is 1. The fourth-order valence-electron chi connectivity index (χ4n) is 7.25. The number of fused-ring (bicyclic) bond motifs is 3. The summed E-state index contributed by atoms with van der Waals surface area (Å²) in [5.41, 5.74) is 1.95. The molecule has 4 aliphatic rings. The van der Waals surface area contributed by atoms with Crippen LogP contribution in [-0.4, -0.2) is 99.1 Å². The van der Waals surface area contributed by atoms with E-state index in [9.17, 15) is 44.7 Å². The van der Waals surface area contributed by atoms with Gasteiger partial charge < -0.3 is 55.5 Å². The number of nitrogens with one attached hydrogen (secondary N) is 1. The molecule has 50 heavy (non-hydrogen) atoms. The summed E-state index contributed by atoms with van der Waals surface area (Å²) >= 11 is 0. The van der Waals surface area contributed by atoms with Crippen molar-refractivity contribution in [1.82, 2.24) is 5.32 Å². The molecule has 0 bridgehead atoms. The Morgan fingerprint density at radius 3 is 2.58 bits per heavy atom. The highest BCUT2D eigenvalue weighted by atomic mass is 16.7. The fourth-order valence-corrected chi connectivity index (χ4v) is 7.25. The third kappa shape index (κ3) is 6.36. The minimum Gasteiger partial charge on any atom is -0.507 e. The first-order valence-corrected chi connectivity index (χ1v) is 16.5. The van der Waals surface area contributed by atoms with Crippen molar-refractivity contribution in [3.8, 4) is 17.2 Å². The molecular formula is C35H40N2O13. The maximum atomic E-state index is 13.9. The largest absolute Gasteiger partial charge is 0.507 e. The van der Waals surface area contributed by atoms with Crippen LogP contribution in [0.3, 0.4) is 0 Å². The molecule has 15 heteroatoms. The first-order chi connectivity index (χ1) is 23.9. The summed E-state index contributed by atoms with van der Waals surface area (Å²) in [5.74, 6) is -4.11. The Hall–Kier alpha value is -4.38. The van der Waals surface area contributed by atoms with Crippen LogP contribution in [0.5, 0.6) is 17.2 Å². The summed E-state index contributed by atoms with van der Waals surface area (Å²) in [6.45, 7) is -1.08. The molecule has 1 unspecified atom stereocenters. The van der Waals surface area contributed by atoms with E-state index in [4.69, 9.17) is 24.7 Å². The number of ether oxygens (including phenoxy) is 4. The van der Waals surface area contributed by atoms with E-state index in [1.54, 1.807) is 0 Å². The van der Waals surface area contributed by atoms with Gasteiger partial charge in [-0.05, 0) is 37.8 Å². The quantitative estimate of drug-likeness (QED) is 0.137. The number of Topliss-reactive ketones (excluding diaryl/α,β-unsaturated/α-hetero) is 1. The summed E-state index contributed by atoms with van der Waals surface area (Å²) in [4.78, 5) is 53.3. The number of allylic oxidation sites excluding steroid dienone is 1. The SMILES string of the molecule is COc1cccc2c1C(=O)c1c(O)c3c(c(O)c1C2=O)C[C@](O)(C(=O)CO)C[C@H]3O[C@@H]1C[C@@H](NC(=O)OC2/C=C/CCCCC2)[C@@H](O)[C@@H](N)O1. The Balaban J connectivity index is 1.33. The van der Waals surface area contributed by atoms with Crippen molar-refractivity contribution in [2.75, 3.05) is 13.7 Å². The molecule has 2 aromatic rings. The molecule has 1 fully saturated rings. The highest BCUT2D eigenvalue weighted by Crippen LogP contribution is 2.52. The lowest BCUT2D eigenvalue weighted by Gasteiger charge is -2.42. The molecule has 6 rings (SSSR count). The van der Waals surface area contributed by atoms with Gasteiger partial charge >= 0.3 is 6.09 Å². The van der Waals surface area contributed by atoms with Crippen molar-refractivity contribution in [2.45, 2.75) is 93.8 Å². The Bertz CT molecular complexity index is 1740. The second kappa shape index (κ2) is 14.1. The van der Waals surface area contributed by atoms with Crippen LogP contribution in [0.15, 0.2) is 30.4 Å². The zero-order valence-electron chi connectivity index (χ0n) is 27.3. The van der Waals surface area contributed by atoms with E-state index >= 15 is 0 Å². The van der Waals surface area contributed by atoms with Gasteiger partial charge in [-0.15, -0.1) is 0 Å². The number of aromatic hydroxyl groups is 2. The smallest absolute Gasteiger partial charge is 0.408 e. The Morgan fingerprint density at radius 1 is 1.08 bits per heavy atom. The van der Waals surface area contributed by atoms with Gasteiger partial charge in [-0.25, -0.2) is 4.79 Å². The molecule has 0 spiro atoms. The minimum absolute atomic E-state index is 0.0598. The minimum atomic E-state index is -2.35. The normalized spacial score (nSPS) is 29.8. The summed E-state index contributed by atoms with van der Waals surface area (Å²) in [5, 5.41) is 57.8. The number of carbonyl (C=O) groups excluding carboxylic acids is 4. The standard InChI is InChI=1S/C35H40N2O13/c1-47-20-11-7-10-17-24(20)31(43)27-26(28(17)40)29(41)18-13-35(46,22(39)15-38)14-21(25(18)32(27)44)49-23-12-19(30(42)33(36)50-23)37-34(45)48-16-8-5-3-2-4-6-9-16/h5,7-8,10-11,16,19,21,23,30,33,38,41-42,44,46H,2-4,6,9,12-15,36H2,1H3,(H,37,45)/b8-5+/t16?,19-,21-,23+,30-,33+,35-/m1/s1. The van der Waals surface area contributed by atoms with Crippen LogP contribution in [0.25, 0.3) is 0 Å². The monoisotopic (exact) mass is 696 g/mol. The topological polar surface area (TPSA) is 244 Å². The predicted molar refractivity (Wildman–Crippen MR) is 172 cm³/mol. The number of phenols is 2. The number of methoxy groups -OCH3 is 1. The van der Waals surface area contributed by atoms with Crippen LogP contribution in [0.4, 0.5) is 4.79 Å². The maximum Gasteiger partial charge on any atom is 0.408 e. The number of aliphatic hydroxyl groups is 3. The van der Waals surface area contributed by atoms with E-state index in [2.05, 4.69) is 5.32 Å². The summed E-state index contributed by atoms with van der Waals surface area (Å²) in [7, 11) is 1.30. The molecule has 268 valence electrons. The second-order valence-electron chi connectivity index (χ2n) is 13.0. The number of phenolic OH excluding ortho intramolecular Hbond substituents is 2. The molecule has 1 aliphatic heterocycles. The molecule has 15 nitrogen and oxygen atoms in total. The molecule has 0 radical (unpaired) electrons. The first kappa shape index (κ1) is 35.4. The number of amides is 1. The molecule has 1 saturated heterocycles. The van der Waals surface area contributed by atoms with E-state index in [0.717, 1.165) is 25.7 Å². The lowest BCUT2D eigenvalue weighted by Crippen LogP contribution is -2.59. The van der Waals surface area contributed by atoms with Crippen LogP contribution < -0.4 is 15.8 Å². The molecule has 1 amide bonds. The van der Waals surface area contributed by atoms with Crippen molar-refractivity contribution >= 4 is 23.4 Å². The second-order valence-corrected chi connectivity index (χ2v) is 13.0. The van der Waals surface area contributed by atoms with Crippen molar-refractivity contribution in [1.29, 1.82) is 0 Å². The fraction of sp³-hybridized carbons (Fsp3) is 0.486. The maximum absolute atomic E-state index is 13.9. The van der Waals surface area contributed by atoms with Gasteiger partial charge in [0, 0.05) is 36.0 Å². The lowest BCUT2D eigenvalue weighted by atomic mass is 9.72. The number of benzene rings is 2. The zero-order valence-corrected chi connectivity index (χ0v) is 27.3. The third-order valence-electron chi connectivity index (χ3n) is 9.83. The molecule has 7 atom stereocenters. The van der Waals surface area contributed by atoms with Crippen molar-refractivity contribution < 1.29 is 63.7 Å². The van der Waals surface area contributed by atoms with E-state index in [-0.39, 0.29) is 34.4 Å². The van der Waals surface area contributed by atoms with Crippen LogP contribution in [-0.2, 0) is 25.4 Å². The Labute approximate surface area is 286 Å². The zero-order chi connectivity index (χ0) is 35.9. The molecule has 2 aromatic carbocycles. The summed E-state index contributed by atoms with van der Waals surface area (Å²) in [6.07, 6.45) is -0.145. The van der Waals surface area contributed by atoms with Gasteiger partial charge in [-0.2, -0.15) is 0 Å². The van der Waals surface area contributed by atoms with Gasteiger partial charge in [0.25, 0.3) is 0 Å².